The maximum atomic E-state index is 13.4. The predicted octanol–water partition coefficient (Wildman–Crippen LogP) is 12.5. The van der Waals surface area contributed by atoms with Gasteiger partial charge >= 0.3 is 5.97 Å². The molecule has 10 rings (SSSR count). The molecular weight excluding hydrogens is 1250 g/mol. The van der Waals surface area contributed by atoms with Crippen LogP contribution in [0.2, 0.25) is 40.2 Å². The van der Waals surface area contributed by atoms with Crippen molar-refractivity contribution in [1.82, 2.24) is 35.7 Å². The van der Waals surface area contributed by atoms with Crippen molar-refractivity contribution in [3.05, 3.63) is 196 Å². The van der Waals surface area contributed by atoms with Crippen LogP contribution in [0.5, 0.6) is 0 Å². The second-order valence-corrected chi connectivity index (χ2v) is 22.9. The molecule has 85 heavy (non-hydrogen) atoms. The number of nitrogens with two attached hydrogens (primary N) is 1. The summed E-state index contributed by atoms with van der Waals surface area (Å²) >= 11 is 50.1. The molecule has 2 unspecified atom stereocenters. The fraction of sp³-hybridized carbons (Fsp3) is 0.258. The third-order valence-electron chi connectivity index (χ3n) is 13.8. The Kier molecular flexibility index (Phi) is 24.3. The van der Waals surface area contributed by atoms with E-state index in [2.05, 4.69) is 30.7 Å². The van der Waals surface area contributed by atoms with Gasteiger partial charge in [0.05, 0.1) is 100 Å². The molecule has 6 aromatic carbocycles. The highest BCUT2D eigenvalue weighted by Crippen LogP contribution is 2.36. The summed E-state index contributed by atoms with van der Waals surface area (Å²) in [7, 11) is 0. The fourth-order valence-electron chi connectivity index (χ4n) is 9.43. The number of morpholine rings is 2. The molecule has 2 aromatic heterocycles. The molecule has 2 aliphatic rings. The van der Waals surface area contributed by atoms with E-state index < -0.39 is 29.9 Å². The molecule has 2 saturated heterocycles. The highest BCUT2D eigenvalue weighted by Gasteiger charge is 2.27. The van der Waals surface area contributed by atoms with Crippen LogP contribution in [0, 0.1) is 0 Å². The van der Waals surface area contributed by atoms with Gasteiger partial charge in [-0.3, -0.25) is 24.2 Å². The number of amides is 3. The van der Waals surface area contributed by atoms with Gasteiger partial charge in [-0.1, -0.05) is 141 Å². The zero-order chi connectivity index (χ0) is 60.6. The Bertz CT molecular complexity index is 3600. The van der Waals surface area contributed by atoms with E-state index in [0.717, 1.165) is 74.3 Å². The number of hydrogen-bond donors (Lipinski definition) is 5. The molecule has 0 bridgehead atoms. The van der Waals surface area contributed by atoms with Crippen molar-refractivity contribution >= 4 is 138 Å². The molecule has 2 fully saturated rings. The second-order valence-electron chi connectivity index (χ2n) is 19.6. The lowest BCUT2D eigenvalue weighted by molar-refractivity contribution is -0.139. The molecular formula is C62H58Cl8N8O7. The number of carboxylic acids is 1. The second kappa shape index (κ2) is 31.7. The van der Waals surface area contributed by atoms with Crippen LogP contribution in [0.15, 0.2) is 133 Å². The molecule has 0 aliphatic carbocycles. The molecule has 0 spiro atoms. The predicted molar refractivity (Wildman–Crippen MR) is 341 cm³/mol. The average molecular weight is 1310 g/mol. The summed E-state index contributed by atoms with van der Waals surface area (Å²) in [5.74, 6) is -2.67. The van der Waals surface area contributed by atoms with Crippen LogP contribution in [-0.2, 0) is 31.9 Å². The van der Waals surface area contributed by atoms with Gasteiger partial charge in [0.1, 0.15) is 12.1 Å². The summed E-state index contributed by atoms with van der Waals surface area (Å²) in [5.41, 5.74) is 11.1. The monoisotopic (exact) mass is 1310 g/mol. The highest BCUT2D eigenvalue weighted by molar-refractivity contribution is 6.41. The van der Waals surface area contributed by atoms with Gasteiger partial charge in [-0.25, -0.2) is 14.8 Å². The first kappa shape index (κ1) is 65.1. The molecule has 6 N–H and O–H groups in total. The van der Waals surface area contributed by atoms with Crippen LogP contribution in [-0.4, -0.2) is 139 Å². The van der Waals surface area contributed by atoms with E-state index in [1.165, 1.54) is 12.1 Å². The van der Waals surface area contributed by atoms with E-state index in [0.29, 0.717) is 80.0 Å². The Morgan fingerprint density at radius 3 is 1.28 bits per heavy atom. The third kappa shape index (κ3) is 17.9. The molecule has 15 nitrogen and oxygen atoms in total. The van der Waals surface area contributed by atoms with Crippen LogP contribution < -0.4 is 21.7 Å². The van der Waals surface area contributed by atoms with Gasteiger partial charge in [0.15, 0.2) is 0 Å². The number of halogens is 8. The van der Waals surface area contributed by atoms with Crippen LogP contribution >= 0.6 is 92.8 Å². The Labute approximate surface area is 531 Å². The lowest BCUT2D eigenvalue weighted by Gasteiger charge is -2.27. The lowest BCUT2D eigenvalue weighted by Crippen LogP contribution is -2.50. The number of rotatable bonds is 17. The molecule has 3 amide bonds. The minimum atomic E-state index is -1.19. The van der Waals surface area contributed by atoms with Gasteiger partial charge in [-0.15, -0.1) is 0 Å². The number of pyridine rings is 2. The number of carbonyl (C=O) groups excluding carboxylic acids is 3. The zero-order valence-corrected chi connectivity index (χ0v) is 51.6. The summed E-state index contributed by atoms with van der Waals surface area (Å²) in [6.45, 7) is 9.74. The standard InChI is InChI=1S/C31H28Cl4N4O3.C25H16Cl4N2O3.C6H14N2O/c32-21-3-1-4-22(33)28(21)26-10-8-20-17-19(7-9-25(20)37-26)18-27(30(40)36-11-12-39-13-15-42-16-14-39)38-31(41)29-23(34)5-2-6-24(29)35;26-15-3-1-4-16(27)22(15)20-10-8-14-11-13(7-9-19(14)30-20)12-21(25(33)34)31-24(32)23-17(28)5-2-6-18(23)29;7-1-2-8-3-5-9-6-4-8/h1-10,17,27H,11-16,18H2,(H,36,40)(H,38,41);1-11,21H,12H2,(H,31,32)(H,33,34);1-7H2. The number of carboxylic acid groups (broad SMARTS) is 1. The van der Waals surface area contributed by atoms with E-state index >= 15 is 0 Å². The Hall–Kier alpha value is -5.86. The number of nitrogens with one attached hydrogen (secondary N) is 3. The van der Waals surface area contributed by atoms with E-state index in [1.54, 1.807) is 78.9 Å². The van der Waals surface area contributed by atoms with Crippen molar-refractivity contribution in [1.29, 1.82) is 0 Å². The number of benzene rings is 6. The number of fused-ring (bicyclic) bond motifs is 2. The molecule has 0 saturated carbocycles. The number of nitrogens with zero attached hydrogens (tertiary/aromatic N) is 4. The van der Waals surface area contributed by atoms with Crippen molar-refractivity contribution < 1.29 is 33.8 Å². The molecule has 2 aliphatic heterocycles. The molecule has 23 heteroatoms. The summed E-state index contributed by atoms with van der Waals surface area (Å²) in [6, 6.07) is 36.5. The first-order valence-electron chi connectivity index (χ1n) is 27.0. The highest BCUT2D eigenvalue weighted by atomic mass is 35.5. The average Bonchev–Trinajstić information content (AvgIpc) is 3.61. The number of aliphatic carboxylic acids is 1. The maximum absolute atomic E-state index is 13.4. The van der Waals surface area contributed by atoms with Crippen molar-refractivity contribution in [2.75, 3.05) is 78.8 Å². The van der Waals surface area contributed by atoms with E-state index in [4.69, 9.17) is 113 Å². The lowest BCUT2D eigenvalue weighted by atomic mass is 10.0. The summed E-state index contributed by atoms with van der Waals surface area (Å²) in [4.78, 5) is 65.1. The van der Waals surface area contributed by atoms with Crippen LogP contribution in [0.25, 0.3) is 44.3 Å². The summed E-state index contributed by atoms with van der Waals surface area (Å²) < 4.78 is 10.6. The molecule has 2 atom stereocenters. The van der Waals surface area contributed by atoms with Gasteiger partial charge in [0, 0.05) is 87.1 Å². The minimum absolute atomic E-state index is 0.0329. The molecule has 8 aromatic rings. The van der Waals surface area contributed by atoms with Crippen molar-refractivity contribution in [3.63, 3.8) is 0 Å². The van der Waals surface area contributed by atoms with Crippen molar-refractivity contribution in [3.8, 4) is 22.5 Å². The van der Waals surface area contributed by atoms with Gasteiger partial charge in [-0.2, -0.15) is 0 Å². The third-order valence-corrected chi connectivity index (χ3v) is 16.3. The quantitative estimate of drug-likeness (QED) is 0.0578. The molecule has 0 radical (unpaired) electrons. The Morgan fingerprint density at radius 2 is 0.882 bits per heavy atom. The zero-order valence-electron chi connectivity index (χ0n) is 45.5. The minimum Gasteiger partial charge on any atom is -0.480 e. The van der Waals surface area contributed by atoms with Gasteiger partial charge in [0.2, 0.25) is 5.91 Å². The number of ether oxygens (including phenoxy) is 2. The number of hydrogen-bond acceptors (Lipinski definition) is 11. The first-order chi connectivity index (χ1) is 41.0. The van der Waals surface area contributed by atoms with Crippen LogP contribution in [0.3, 0.4) is 0 Å². The van der Waals surface area contributed by atoms with E-state index in [1.807, 2.05) is 42.5 Å². The maximum Gasteiger partial charge on any atom is 0.326 e. The Morgan fingerprint density at radius 1 is 0.506 bits per heavy atom. The SMILES string of the molecule is NCCN1CCOCC1.O=C(NC(Cc1ccc2nc(-c3c(Cl)cccc3Cl)ccc2c1)C(=O)NCCN1CCOCC1)c1c(Cl)cccc1Cl.O=C(NC(Cc1ccc2nc(-c3c(Cl)cccc3Cl)ccc2c1)C(=O)O)c1c(Cl)cccc1Cl. The Balaban J connectivity index is 0.000000196. The summed E-state index contributed by atoms with van der Waals surface area (Å²) in [6.07, 6.45) is 0.294. The van der Waals surface area contributed by atoms with E-state index in [9.17, 15) is 24.3 Å². The molecule has 4 heterocycles. The smallest absolute Gasteiger partial charge is 0.326 e. The topological polar surface area (TPSA) is 201 Å². The summed E-state index contributed by atoms with van der Waals surface area (Å²) in [5, 5.41) is 22.4. The number of carbonyl (C=O) groups is 4. The van der Waals surface area contributed by atoms with Crippen LogP contribution in [0.1, 0.15) is 31.8 Å². The van der Waals surface area contributed by atoms with E-state index in [-0.39, 0.29) is 50.0 Å². The van der Waals surface area contributed by atoms with Gasteiger partial charge < -0.3 is 36.3 Å². The number of aromatic nitrogens is 2. The first-order valence-corrected chi connectivity index (χ1v) is 30.0. The molecule has 444 valence electrons. The normalized spacial score (nSPS) is 14.3. The van der Waals surface area contributed by atoms with Crippen molar-refractivity contribution in [2.45, 2.75) is 24.9 Å². The van der Waals surface area contributed by atoms with Gasteiger partial charge in [0.25, 0.3) is 11.8 Å². The van der Waals surface area contributed by atoms with Crippen molar-refractivity contribution in [2.24, 2.45) is 5.73 Å². The largest absolute Gasteiger partial charge is 0.480 e. The van der Waals surface area contributed by atoms with Gasteiger partial charge in [-0.05, 0) is 96.1 Å². The fourth-order valence-corrected chi connectivity index (χ4v) is 11.8. The van der Waals surface area contributed by atoms with Crippen LogP contribution in [0.4, 0.5) is 0 Å².